The van der Waals surface area contributed by atoms with E-state index in [1.54, 1.807) is 6.92 Å². The lowest BCUT2D eigenvalue weighted by molar-refractivity contribution is -0.117. The van der Waals surface area contributed by atoms with Crippen LogP contribution in [0, 0.1) is 6.92 Å². The molecule has 168 valence electrons. The normalized spacial score (nSPS) is 13.4. The lowest BCUT2D eigenvalue weighted by Gasteiger charge is -2.09. The molecule has 1 aliphatic rings. The van der Waals surface area contributed by atoms with Gasteiger partial charge < -0.3 is 14.8 Å². The molecule has 0 aromatic carbocycles. The molecule has 0 unspecified atom stereocenters. The summed E-state index contributed by atoms with van der Waals surface area (Å²) in [5.74, 6) is -1.85. The highest BCUT2D eigenvalue weighted by atomic mass is 32.1. The van der Waals surface area contributed by atoms with Crippen LogP contribution in [0.25, 0.3) is 0 Å². The van der Waals surface area contributed by atoms with Crippen molar-refractivity contribution in [2.45, 2.75) is 52.0 Å². The molecule has 3 rings (SSSR count). The number of nitrogens with one attached hydrogen (secondary N) is 1. The zero-order valence-corrected chi connectivity index (χ0v) is 18.2. The van der Waals surface area contributed by atoms with E-state index >= 15 is 0 Å². The number of anilines is 1. The summed E-state index contributed by atoms with van der Waals surface area (Å²) in [6.45, 7) is 3.09. The van der Waals surface area contributed by atoms with Crippen molar-refractivity contribution in [1.29, 1.82) is 0 Å². The number of hydrogen-bond acceptors (Lipinski definition) is 7. The largest absolute Gasteiger partial charge is 0.465 e. The number of hydrogen-bond donors (Lipinski definition) is 1. The van der Waals surface area contributed by atoms with Crippen LogP contribution in [0.2, 0.25) is 0 Å². The molecule has 0 aliphatic heterocycles. The highest BCUT2D eigenvalue weighted by Gasteiger charge is 2.30. The smallest absolute Gasteiger partial charge is 0.348 e. The summed E-state index contributed by atoms with van der Waals surface area (Å²) < 4.78 is 37.6. The summed E-state index contributed by atoms with van der Waals surface area (Å²) in [5, 5.41) is 6.79. The van der Waals surface area contributed by atoms with E-state index in [0.29, 0.717) is 17.7 Å². The predicted octanol–water partition coefficient (Wildman–Crippen LogP) is 4.06. The van der Waals surface area contributed by atoms with E-state index in [-0.39, 0.29) is 33.7 Å². The quantitative estimate of drug-likeness (QED) is 0.573. The Bertz CT molecular complexity index is 997. The van der Waals surface area contributed by atoms with Crippen LogP contribution in [0.4, 0.5) is 13.8 Å². The van der Waals surface area contributed by atoms with Crippen LogP contribution in [-0.2, 0) is 20.8 Å². The molecule has 1 aliphatic carbocycles. The van der Waals surface area contributed by atoms with Crippen LogP contribution >= 0.6 is 11.3 Å². The van der Waals surface area contributed by atoms with Gasteiger partial charge in [-0.3, -0.25) is 9.48 Å². The van der Waals surface area contributed by atoms with E-state index in [1.165, 1.54) is 13.2 Å². The van der Waals surface area contributed by atoms with E-state index in [2.05, 4.69) is 10.4 Å². The van der Waals surface area contributed by atoms with Crippen molar-refractivity contribution < 1.29 is 32.6 Å². The molecule has 11 heteroatoms. The van der Waals surface area contributed by atoms with Crippen molar-refractivity contribution in [3.63, 3.8) is 0 Å². The Balaban J connectivity index is 1.85. The number of aromatic nitrogens is 2. The first-order chi connectivity index (χ1) is 14.8. The number of ether oxygens (including phenoxy) is 2. The Morgan fingerprint density at radius 1 is 1.32 bits per heavy atom. The molecule has 1 saturated carbocycles. The van der Waals surface area contributed by atoms with Crippen molar-refractivity contribution in [3.05, 3.63) is 33.5 Å². The summed E-state index contributed by atoms with van der Waals surface area (Å²) in [4.78, 5) is 37.3. The summed E-state index contributed by atoms with van der Waals surface area (Å²) in [6.07, 6.45) is -0.401. The molecule has 0 bridgehead atoms. The number of halogens is 2. The molecule has 2 heterocycles. The number of esters is 2. The van der Waals surface area contributed by atoms with Gasteiger partial charge in [0, 0.05) is 5.92 Å². The lowest BCUT2D eigenvalue weighted by Crippen LogP contribution is -2.22. The van der Waals surface area contributed by atoms with Gasteiger partial charge >= 0.3 is 11.9 Å². The Morgan fingerprint density at radius 2 is 2.03 bits per heavy atom. The minimum absolute atomic E-state index is 0.0421. The third kappa shape index (κ3) is 5.09. The minimum atomic E-state index is -2.78. The highest BCUT2D eigenvalue weighted by molar-refractivity contribution is 7.18. The Hall–Kier alpha value is -2.82. The Morgan fingerprint density at radius 3 is 2.61 bits per heavy atom. The van der Waals surface area contributed by atoms with Gasteiger partial charge in [0.15, 0.2) is 0 Å². The number of rotatable bonds is 9. The van der Waals surface area contributed by atoms with Crippen LogP contribution in [0.1, 0.15) is 75.5 Å². The van der Waals surface area contributed by atoms with Gasteiger partial charge in [-0.25, -0.2) is 18.4 Å². The highest BCUT2D eigenvalue weighted by Crippen LogP contribution is 2.40. The molecule has 0 atom stereocenters. The average Bonchev–Trinajstić information content (AvgIpc) is 3.41. The average molecular weight is 455 g/mol. The molecule has 1 N–H and O–H groups in total. The van der Waals surface area contributed by atoms with E-state index in [1.807, 2.05) is 6.92 Å². The SMILES string of the molecule is CCCOC(=O)c1c(NC(=O)Cn2nc(C3CC3)cc2C(F)F)sc(C(=O)OC)c1C. The maximum Gasteiger partial charge on any atom is 0.348 e. The number of carbonyl (C=O) groups is 3. The monoisotopic (exact) mass is 455 g/mol. The van der Waals surface area contributed by atoms with Crippen LogP contribution in [0.5, 0.6) is 0 Å². The van der Waals surface area contributed by atoms with Gasteiger partial charge in [0.05, 0.1) is 25.0 Å². The predicted molar refractivity (Wildman–Crippen MR) is 109 cm³/mol. The molecule has 0 saturated heterocycles. The van der Waals surface area contributed by atoms with Crippen molar-refractivity contribution in [1.82, 2.24) is 9.78 Å². The first kappa shape index (κ1) is 22.9. The lowest BCUT2D eigenvalue weighted by atomic mass is 10.1. The number of nitrogens with zero attached hydrogens (tertiary/aromatic N) is 2. The Kier molecular flexibility index (Phi) is 7.04. The van der Waals surface area contributed by atoms with Gasteiger partial charge in [-0.1, -0.05) is 6.92 Å². The van der Waals surface area contributed by atoms with E-state index in [9.17, 15) is 23.2 Å². The van der Waals surface area contributed by atoms with Crippen molar-refractivity contribution in [2.24, 2.45) is 0 Å². The van der Waals surface area contributed by atoms with E-state index in [4.69, 9.17) is 9.47 Å². The molecule has 1 amide bonds. The molecule has 1 fully saturated rings. The van der Waals surface area contributed by atoms with Crippen molar-refractivity contribution >= 4 is 34.2 Å². The number of methoxy groups -OCH3 is 1. The summed E-state index contributed by atoms with van der Waals surface area (Å²) in [5.41, 5.74) is 0.571. The Labute approximate surface area is 181 Å². The number of alkyl halides is 2. The number of thiophene rings is 1. The zero-order chi connectivity index (χ0) is 22.7. The molecular weight excluding hydrogens is 432 g/mol. The third-order valence-corrected chi connectivity index (χ3v) is 5.94. The van der Waals surface area contributed by atoms with Gasteiger partial charge in [0.1, 0.15) is 22.1 Å². The second kappa shape index (κ2) is 9.54. The standard InChI is InChI=1S/C20H23F2N3O5S/c1-4-7-30-19(27)15-10(2)16(20(28)29-3)31-18(15)23-14(26)9-25-13(17(21)22)8-12(24-25)11-5-6-11/h8,11,17H,4-7,9H2,1-3H3,(H,23,26). The second-order valence-electron chi connectivity index (χ2n) is 7.16. The van der Waals surface area contributed by atoms with Crippen LogP contribution in [0.3, 0.4) is 0 Å². The van der Waals surface area contributed by atoms with Gasteiger partial charge in [0.2, 0.25) is 5.91 Å². The second-order valence-corrected chi connectivity index (χ2v) is 8.18. The van der Waals surface area contributed by atoms with Gasteiger partial charge in [0.25, 0.3) is 6.43 Å². The van der Waals surface area contributed by atoms with Crippen LogP contribution in [-0.4, -0.2) is 41.3 Å². The maximum atomic E-state index is 13.4. The topological polar surface area (TPSA) is 99.5 Å². The summed E-state index contributed by atoms with van der Waals surface area (Å²) >= 11 is 0.865. The van der Waals surface area contributed by atoms with Crippen LogP contribution < -0.4 is 5.32 Å². The first-order valence-corrected chi connectivity index (χ1v) is 10.6. The molecule has 31 heavy (non-hydrogen) atoms. The molecular formula is C20H23F2N3O5S. The zero-order valence-electron chi connectivity index (χ0n) is 17.4. The van der Waals surface area contributed by atoms with E-state index < -0.39 is 30.8 Å². The first-order valence-electron chi connectivity index (χ1n) is 9.81. The van der Waals surface area contributed by atoms with Gasteiger partial charge in [-0.15, -0.1) is 11.3 Å². The van der Waals surface area contributed by atoms with Gasteiger partial charge in [-0.2, -0.15) is 5.10 Å². The molecule has 2 aromatic rings. The third-order valence-electron chi connectivity index (χ3n) is 4.75. The van der Waals surface area contributed by atoms with Crippen molar-refractivity contribution in [3.8, 4) is 0 Å². The molecule has 8 nitrogen and oxygen atoms in total. The van der Waals surface area contributed by atoms with E-state index in [0.717, 1.165) is 28.9 Å². The fourth-order valence-electron chi connectivity index (χ4n) is 3.04. The van der Waals surface area contributed by atoms with Crippen LogP contribution in [0.15, 0.2) is 6.07 Å². The maximum absolute atomic E-state index is 13.4. The number of carbonyl (C=O) groups excluding carboxylic acids is 3. The summed E-state index contributed by atoms with van der Waals surface area (Å²) in [7, 11) is 1.20. The molecule has 0 spiro atoms. The molecule has 2 aromatic heterocycles. The van der Waals surface area contributed by atoms with Gasteiger partial charge in [-0.05, 0) is 37.8 Å². The number of amides is 1. The molecule has 0 radical (unpaired) electrons. The fourth-order valence-corrected chi connectivity index (χ4v) is 4.17. The summed E-state index contributed by atoms with van der Waals surface area (Å²) in [6, 6.07) is 1.33. The fraction of sp³-hybridized carbons (Fsp3) is 0.500. The minimum Gasteiger partial charge on any atom is -0.465 e. The van der Waals surface area contributed by atoms with Crippen molar-refractivity contribution in [2.75, 3.05) is 19.0 Å².